The van der Waals surface area contributed by atoms with Crippen molar-refractivity contribution in [1.82, 2.24) is 19.3 Å². The molecule has 0 fully saturated rings. The van der Waals surface area contributed by atoms with E-state index in [4.69, 9.17) is 5.11 Å². The highest BCUT2D eigenvalue weighted by Crippen LogP contribution is 2.17. The van der Waals surface area contributed by atoms with E-state index in [0.29, 0.717) is 0 Å². The fourth-order valence-corrected chi connectivity index (χ4v) is 2.34. The molecular weight excluding hydrogens is 252 g/mol. The van der Waals surface area contributed by atoms with Gasteiger partial charge in [0, 0.05) is 25.1 Å². The summed E-state index contributed by atoms with van der Waals surface area (Å²) in [6, 6.07) is 1.87. The molecule has 0 saturated carbocycles. The molecule has 0 aliphatic carbocycles. The van der Waals surface area contributed by atoms with Crippen molar-refractivity contribution in [3.8, 4) is 0 Å². The van der Waals surface area contributed by atoms with Crippen molar-refractivity contribution in [2.24, 2.45) is 0 Å². The number of aryl methyl sites for hydroxylation is 3. The molecule has 1 N–H and O–H groups in total. The SMILES string of the molecule is Cc1cn(CCn2cccn2)c(SCC(=O)O)n1. The van der Waals surface area contributed by atoms with Crippen molar-refractivity contribution in [3.63, 3.8) is 0 Å². The first-order chi connectivity index (χ1) is 8.65. The van der Waals surface area contributed by atoms with Crippen LogP contribution in [0.3, 0.4) is 0 Å². The van der Waals surface area contributed by atoms with Gasteiger partial charge < -0.3 is 9.67 Å². The normalized spacial score (nSPS) is 10.7. The van der Waals surface area contributed by atoms with Gasteiger partial charge >= 0.3 is 5.97 Å². The van der Waals surface area contributed by atoms with Crippen molar-refractivity contribution in [3.05, 3.63) is 30.4 Å². The van der Waals surface area contributed by atoms with Crippen LogP contribution in [0, 0.1) is 6.92 Å². The number of hydrogen-bond donors (Lipinski definition) is 1. The molecular formula is C11H14N4O2S. The lowest BCUT2D eigenvalue weighted by Crippen LogP contribution is -2.09. The number of carboxylic acids is 1. The minimum atomic E-state index is -0.834. The zero-order valence-corrected chi connectivity index (χ0v) is 10.8. The maximum Gasteiger partial charge on any atom is 0.313 e. The predicted molar refractivity (Wildman–Crippen MR) is 67.6 cm³/mol. The van der Waals surface area contributed by atoms with Gasteiger partial charge in [-0.25, -0.2) is 4.98 Å². The second-order valence-electron chi connectivity index (χ2n) is 3.81. The fraction of sp³-hybridized carbons (Fsp3) is 0.364. The summed E-state index contributed by atoms with van der Waals surface area (Å²) in [5.41, 5.74) is 0.892. The van der Waals surface area contributed by atoms with Gasteiger partial charge in [0.05, 0.1) is 18.0 Å². The predicted octanol–water partition coefficient (Wildman–Crippen LogP) is 1.26. The Kier molecular flexibility index (Phi) is 4.03. The van der Waals surface area contributed by atoms with E-state index in [1.165, 1.54) is 11.8 Å². The van der Waals surface area contributed by atoms with Gasteiger partial charge in [-0.2, -0.15) is 5.10 Å². The Balaban J connectivity index is 2.00. The number of hydrogen-bond acceptors (Lipinski definition) is 4. The van der Waals surface area contributed by atoms with Crippen LogP contribution in [0.1, 0.15) is 5.69 Å². The molecule has 0 bridgehead atoms. The third kappa shape index (κ3) is 3.36. The molecule has 2 rings (SSSR count). The highest BCUT2D eigenvalue weighted by molar-refractivity contribution is 7.99. The Hall–Kier alpha value is -1.76. The van der Waals surface area contributed by atoms with Crippen LogP contribution in [0.5, 0.6) is 0 Å². The van der Waals surface area contributed by atoms with Crippen molar-refractivity contribution < 1.29 is 9.90 Å². The Morgan fingerprint density at radius 1 is 1.50 bits per heavy atom. The molecule has 0 unspecified atom stereocenters. The molecule has 0 aromatic carbocycles. The average Bonchev–Trinajstić information content (AvgIpc) is 2.92. The summed E-state index contributed by atoms with van der Waals surface area (Å²) in [6.45, 7) is 3.36. The third-order valence-corrected chi connectivity index (χ3v) is 3.29. The van der Waals surface area contributed by atoms with Gasteiger partial charge in [-0.1, -0.05) is 11.8 Å². The lowest BCUT2D eigenvalue weighted by molar-refractivity contribution is -0.133. The molecule has 0 saturated heterocycles. The van der Waals surface area contributed by atoms with Crippen molar-refractivity contribution in [2.75, 3.05) is 5.75 Å². The molecule has 0 aliphatic rings. The fourth-order valence-electron chi connectivity index (χ4n) is 1.57. The van der Waals surface area contributed by atoms with Crippen LogP contribution in [0.15, 0.2) is 29.8 Å². The minimum absolute atomic E-state index is 0.0260. The Morgan fingerprint density at radius 3 is 3.00 bits per heavy atom. The molecule has 7 heteroatoms. The number of rotatable bonds is 6. The molecule has 0 amide bonds. The standard InChI is InChI=1S/C11H14N4O2S/c1-9-7-14(5-6-15-4-2-3-12-15)11(13-9)18-8-10(16)17/h2-4,7H,5-6,8H2,1H3,(H,16,17). The molecule has 96 valence electrons. The average molecular weight is 266 g/mol. The number of thioether (sulfide) groups is 1. The van der Waals surface area contributed by atoms with Crippen LogP contribution in [0.2, 0.25) is 0 Å². The van der Waals surface area contributed by atoms with Crippen molar-refractivity contribution >= 4 is 17.7 Å². The molecule has 6 nitrogen and oxygen atoms in total. The van der Waals surface area contributed by atoms with Gasteiger partial charge in [0.2, 0.25) is 0 Å². The Labute approximate surface area is 109 Å². The quantitative estimate of drug-likeness (QED) is 0.797. The van der Waals surface area contributed by atoms with Crippen LogP contribution in [-0.4, -0.2) is 36.2 Å². The van der Waals surface area contributed by atoms with Crippen LogP contribution in [-0.2, 0) is 17.9 Å². The monoisotopic (exact) mass is 266 g/mol. The first-order valence-electron chi connectivity index (χ1n) is 5.51. The van der Waals surface area contributed by atoms with E-state index in [-0.39, 0.29) is 5.75 Å². The molecule has 2 aromatic heterocycles. The molecule has 2 heterocycles. The number of aromatic nitrogens is 4. The summed E-state index contributed by atoms with van der Waals surface area (Å²) in [5.74, 6) is -0.808. The maximum absolute atomic E-state index is 10.6. The van der Waals surface area contributed by atoms with Crippen molar-refractivity contribution in [1.29, 1.82) is 0 Å². The third-order valence-electron chi connectivity index (χ3n) is 2.31. The Morgan fingerprint density at radius 2 is 2.33 bits per heavy atom. The van der Waals surface area contributed by atoms with Gasteiger partial charge in [-0.3, -0.25) is 9.48 Å². The van der Waals surface area contributed by atoms with Gasteiger partial charge in [-0.15, -0.1) is 0 Å². The van der Waals surface area contributed by atoms with E-state index in [1.807, 2.05) is 34.6 Å². The number of imidazole rings is 1. The molecule has 2 aromatic rings. The topological polar surface area (TPSA) is 72.9 Å². The molecule has 0 spiro atoms. The van der Waals surface area contributed by atoms with Gasteiger partial charge in [-0.05, 0) is 13.0 Å². The van der Waals surface area contributed by atoms with E-state index in [0.717, 1.165) is 23.9 Å². The number of carboxylic acid groups (broad SMARTS) is 1. The van der Waals surface area contributed by atoms with E-state index in [1.54, 1.807) is 6.20 Å². The van der Waals surface area contributed by atoms with Crippen LogP contribution in [0.4, 0.5) is 0 Å². The smallest absolute Gasteiger partial charge is 0.313 e. The van der Waals surface area contributed by atoms with Gasteiger partial charge in [0.1, 0.15) is 0 Å². The zero-order chi connectivity index (χ0) is 13.0. The highest BCUT2D eigenvalue weighted by Gasteiger charge is 2.08. The molecule has 0 atom stereocenters. The highest BCUT2D eigenvalue weighted by atomic mass is 32.2. The lowest BCUT2D eigenvalue weighted by Gasteiger charge is -2.06. The van der Waals surface area contributed by atoms with E-state index in [9.17, 15) is 4.79 Å². The van der Waals surface area contributed by atoms with E-state index >= 15 is 0 Å². The van der Waals surface area contributed by atoms with Gasteiger partial charge in [0.25, 0.3) is 0 Å². The summed E-state index contributed by atoms with van der Waals surface area (Å²) in [7, 11) is 0. The summed E-state index contributed by atoms with van der Waals surface area (Å²) in [4.78, 5) is 14.9. The van der Waals surface area contributed by atoms with Crippen LogP contribution in [0.25, 0.3) is 0 Å². The Bertz CT molecular complexity index is 521. The molecule has 0 aliphatic heterocycles. The van der Waals surface area contributed by atoms with E-state index in [2.05, 4.69) is 10.1 Å². The first kappa shape index (κ1) is 12.7. The van der Waals surface area contributed by atoms with Crippen LogP contribution < -0.4 is 0 Å². The second-order valence-corrected chi connectivity index (χ2v) is 4.75. The van der Waals surface area contributed by atoms with Crippen LogP contribution >= 0.6 is 11.8 Å². The number of carbonyl (C=O) groups is 1. The largest absolute Gasteiger partial charge is 0.481 e. The van der Waals surface area contributed by atoms with Gasteiger partial charge in [0.15, 0.2) is 5.16 Å². The minimum Gasteiger partial charge on any atom is -0.481 e. The molecule has 18 heavy (non-hydrogen) atoms. The summed E-state index contributed by atoms with van der Waals surface area (Å²) < 4.78 is 3.80. The number of nitrogens with zero attached hydrogens (tertiary/aromatic N) is 4. The summed E-state index contributed by atoms with van der Waals surface area (Å²) >= 11 is 1.24. The molecule has 0 radical (unpaired) electrons. The maximum atomic E-state index is 10.6. The summed E-state index contributed by atoms with van der Waals surface area (Å²) in [5, 5.41) is 13.5. The first-order valence-corrected chi connectivity index (χ1v) is 6.49. The van der Waals surface area contributed by atoms with E-state index < -0.39 is 5.97 Å². The lowest BCUT2D eigenvalue weighted by atomic mass is 10.5. The summed E-state index contributed by atoms with van der Waals surface area (Å²) in [6.07, 6.45) is 5.56. The second kappa shape index (κ2) is 5.72. The van der Waals surface area contributed by atoms with Crippen molar-refractivity contribution in [2.45, 2.75) is 25.2 Å². The zero-order valence-electron chi connectivity index (χ0n) is 9.98. The number of aliphatic carboxylic acids is 1.